The molecule has 0 saturated carbocycles. The van der Waals surface area contributed by atoms with E-state index in [2.05, 4.69) is 27.4 Å². The van der Waals surface area contributed by atoms with E-state index in [-0.39, 0.29) is 11.6 Å². The van der Waals surface area contributed by atoms with Crippen LogP contribution in [0.5, 0.6) is 0 Å². The second-order valence-corrected chi connectivity index (χ2v) is 8.54. The molecule has 158 valence electrons. The van der Waals surface area contributed by atoms with Crippen molar-refractivity contribution in [1.82, 2.24) is 19.7 Å². The summed E-state index contributed by atoms with van der Waals surface area (Å²) < 4.78 is 6.94. The molecular formula is C22H27N5O2S. The summed E-state index contributed by atoms with van der Waals surface area (Å²) in [5, 5.41) is 8.95. The highest BCUT2D eigenvalue weighted by Gasteiger charge is 2.18. The Hall–Kier alpha value is -2.55. The zero-order chi connectivity index (χ0) is 20.9. The monoisotopic (exact) mass is 425 g/mol. The van der Waals surface area contributed by atoms with Gasteiger partial charge in [0.05, 0.1) is 29.8 Å². The SMILES string of the molecule is CC(C)n1nc(-c2sc(NCCN3CCOCC3)nc2-c2ccccc2)ccc1=O. The van der Waals surface area contributed by atoms with Gasteiger partial charge in [-0.2, -0.15) is 5.10 Å². The summed E-state index contributed by atoms with van der Waals surface area (Å²) in [6.07, 6.45) is 0. The fourth-order valence-corrected chi connectivity index (χ4v) is 4.40. The van der Waals surface area contributed by atoms with Crippen molar-refractivity contribution >= 4 is 16.5 Å². The van der Waals surface area contributed by atoms with Crippen LogP contribution < -0.4 is 10.9 Å². The van der Waals surface area contributed by atoms with Crippen LogP contribution >= 0.6 is 11.3 Å². The van der Waals surface area contributed by atoms with E-state index in [1.165, 1.54) is 4.68 Å². The van der Waals surface area contributed by atoms with E-state index >= 15 is 0 Å². The maximum absolute atomic E-state index is 12.2. The smallest absolute Gasteiger partial charge is 0.267 e. The highest BCUT2D eigenvalue weighted by molar-refractivity contribution is 7.19. The number of benzene rings is 1. The molecule has 0 spiro atoms. The summed E-state index contributed by atoms with van der Waals surface area (Å²) in [6, 6.07) is 13.5. The lowest BCUT2D eigenvalue weighted by atomic mass is 10.1. The Morgan fingerprint density at radius 1 is 1.13 bits per heavy atom. The van der Waals surface area contributed by atoms with Crippen LogP contribution in [0.1, 0.15) is 19.9 Å². The number of rotatable bonds is 7. The summed E-state index contributed by atoms with van der Waals surface area (Å²) in [5.74, 6) is 0. The maximum atomic E-state index is 12.2. The van der Waals surface area contributed by atoms with Gasteiger partial charge in [-0.1, -0.05) is 41.7 Å². The van der Waals surface area contributed by atoms with Gasteiger partial charge in [0.25, 0.3) is 5.56 Å². The van der Waals surface area contributed by atoms with E-state index in [0.29, 0.717) is 0 Å². The van der Waals surface area contributed by atoms with Crippen LogP contribution in [0.25, 0.3) is 21.8 Å². The van der Waals surface area contributed by atoms with Gasteiger partial charge in [-0.05, 0) is 19.9 Å². The second-order valence-electron chi connectivity index (χ2n) is 7.54. The van der Waals surface area contributed by atoms with Crippen LogP contribution in [0.4, 0.5) is 5.13 Å². The number of aromatic nitrogens is 3. The van der Waals surface area contributed by atoms with Crippen LogP contribution in [-0.2, 0) is 4.74 Å². The molecule has 2 aromatic heterocycles. The molecule has 0 atom stereocenters. The van der Waals surface area contributed by atoms with Gasteiger partial charge in [-0.25, -0.2) is 9.67 Å². The summed E-state index contributed by atoms with van der Waals surface area (Å²) in [6.45, 7) is 9.24. The third-order valence-corrected chi connectivity index (χ3v) is 6.06. The fraction of sp³-hybridized carbons (Fsp3) is 0.409. The molecular weight excluding hydrogens is 398 g/mol. The van der Waals surface area contributed by atoms with Crippen molar-refractivity contribution in [2.75, 3.05) is 44.7 Å². The molecule has 1 aliphatic heterocycles. The van der Waals surface area contributed by atoms with Gasteiger partial charge >= 0.3 is 0 Å². The number of hydrogen-bond donors (Lipinski definition) is 1. The Morgan fingerprint density at radius 3 is 2.63 bits per heavy atom. The molecule has 8 heteroatoms. The predicted molar refractivity (Wildman–Crippen MR) is 121 cm³/mol. The van der Waals surface area contributed by atoms with Crippen molar-refractivity contribution in [2.24, 2.45) is 0 Å². The molecule has 0 bridgehead atoms. The van der Waals surface area contributed by atoms with Gasteiger partial charge in [0.2, 0.25) is 0 Å². The average molecular weight is 426 g/mol. The van der Waals surface area contributed by atoms with Crippen LogP contribution in [0, 0.1) is 0 Å². The molecule has 3 aromatic rings. The van der Waals surface area contributed by atoms with Crippen molar-refractivity contribution in [1.29, 1.82) is 0 Å². The standard InChI is InChI=1S/C22H27N5O2S/c1-16(2)27-19(28)9-8-18(25-27)21-20(17-6-4-3-5-7-17)24-22(30-21)23-10-11-26-12-14-29-15-13-26/h3-9,16H,10-15H2,1-2H3,(H,23,24). The first-order chi connectivity index (χ1) is 14.6. The zero-order valence-electron chi connectivity index (χ0n) is 17.4. The van der Waals surface area contributed by atoms with Gasteiger partial charge in [-0.3, -0.25) is 9.69 Å². The van der Waals surface area contributed by atoms with Gasteiger partial charge in [-0.15, -0.1) is 0 Å². The number of thiazole rings is 1. The van der Waals surface area contributed by atoms with E-state index in [4.69, 9.17) is 9.72 Å². The van der Waals surface area contributed by atoms with Crippen LogP contribution in [0.3, 0.4) is 0 Å². The summed E-state index contributed by atoms with van der Waals surface area (Å²) in [7, 11) is 0. The number of anilines is 1. The topological polar surface area (TPSA) is 72.3 Å². The fourth-order valence-electron chi connectivity index (χ4n) is 3.42. The number of ether oxygens (including phenoxy) is 1. The molecule has 1 aromatic carbocycles. The minimum absolute atomic E-state index is 0.00309. The molecule has 0 amide bonds. The van der Waals surface area contributed by atoms with E-state index in [9.17, 15) is 4.79 Å². The number of morpholine rings is 1. The largest absolute Gasteiger partial charge is 0.379 e. The third kappa shape index (κ3) is 4.77. The molecule has 1 aliphatic rings. The van der Waals surface area contributed by atoms with E-state index in [1.807, 2.05) is 32.0 Å². The number of hydrogen-bond acceptors (Lipinski definition) is 7. The lowest BCUT2D eigenvalue weighted by Crippen LogP contribution is -2.38. The van der Waals surface area contributed by atoms with Crippen molar-refractivity contribution in [2.45, 2.75) is 19.9 Å². The van der Waals surface area contributed by atoms with E-state index < -0.39 is 0 Å². The Bertz CT molecular complexity index is 1030. The zero-order valence-corrected chi connectivity index (χ0v) is 18.2. The molecule has 3 heterocycles. The Kier molecular flexibility index (Phi) is 6.56. The minimum Gasteiger partial charge on any atom is -0.379 e. The van der Waals surface area contributed by atoms with Crippen molar-refractivity contribution in [3.05, 3.63) is 52.8 Å². The Labute approximate surface area is 180 Å². The molecule has 0 unspecified atom stereocenters. The van der Waals surface area contributed by atoms with Crippen molar-refractivity contribution < 1.29 is 4.74 Å². The second kappa shape index (κ2) is 9.51. The molecule has 0 aliphatic carbocycles. The normalized spacial score (nSPS) is 14.9. The van der Waals surface area contributed by atoms with Crippen LogP contribution in [0.15, 0.2) is 47.3 Å². The van der Waals surface area contributed by atoms with E-state index in [1.54, 1.807) is 23.5 Å². The number of nitrogens with zero attached hydrogens (tertiary/aromatic N) is 4. The first kappa shape index (κ1) is 20.7. The van der Waals surface area contributed by atoms with E-state index in [0.717, 1.165) is 66.4 Å². The van der Waals surface area contributed by atoms with Crippen LogP contribution in [0.2, 0.25) is 0 Å². The molecule has 1 saturated heterocycles. The summed E-state index contributed by atoms with van der Waals surface area (Å²) in [4.78, 5) is 20.4. The molecule has 0 radical (unpaired) electrons. The van der Waals surface area contributed by atoms with Gasteiger partial charge < -0.3 is 10.1 Å². The highest BCUT2D eigenvalue weighted by atomic mass is 32.1. The quantitative estimate of drug-likeness (QED) is 0.626. The molecule has 7 nitrogen and oxygen atoms in total. The third-order valence-electron chi connectivity index (χ3n) is 5.03. The van der Waals surface area contributed by atoms with Gasteiger partial charge in [0, 0.05) is 37.8 Å². The van der Waals surface area contributed by atoms with Gasteiger partial charge in [0.15, 0.2) is 5.13 Å². The Morgan fingerprint density at radius 2 is 1.90 bits per heavy atom. The summed E-state index contributed by atoms with van der Waals surface area (Å²) in [5.41, 5.74) is 2.59. The average Bonchev–Trinajstić information content (AvgIpc) is 3.19. The van der Waals surface area contributed by atoms with Gasteiger partial charge in [0.1, 0.15) is 5.69 Å². The lowest BCUT2D eigenvalue weighted by molar-refractivity contribution is 0.0398. The Balaban J connectivity index is 1.62. The van der Waals surface area contributed by atoms with Crippen molar-refractivity contribution in [3.8, 4) is 21.8 Å². The first-order valence-corrected chi connectivity index (χ1v) is 11.1. The molecule has 4 rings (SSSR count). The van der Waals surface area contributed by atoms with Crippen LogP contribution in [-0.4, -0.2) is 59.1 Å². The summed E-state index contributed by atoms with van der Waals surface area (Å²) >= 11 is 1.58. The van der Waals surface area contributed by atoms with Crippen molar-refractivity contribution in [3.63, 3.8) is 0 Å². The molecule has 1 fully saturated rings. The maximum Gasteiger partial charge on any atom is 0.267 e. The highest BCUT2D eigenvalue weighted by Crippen LogP contribution is 2.37. The first-order valence-electron chi connectivity index (χ1n) is 10.3. The molecule has 1 N–H and O–H groups in total. The number of nitrogens with one attached hydrogen (secondary N) is 1. The predicted octanol–water partition coefficient (Wildman–Crippen LogP) is 3.36. The lowest BCUT2D eigenvalue weighted by Gasteiger charge is -2.26. The molecule has 30 heavy (non-hydrogen) atoms. The minimum atomic E-state index is -0.0941.